The monoisotopic (exact) mass is 584 g/mol. The minimum absolute atomic E-state index is 0.0241. The van der Waals surface area contributed by atoms with Gasteiger partial charge in [0.25, 0.3) is 15.9 Å². The molecule has 2 saturated carbocycles. The van der Waals surface area contributed by atoms with Gasteiger partial charge in [-0.1, -0.05) is 24.3 Å². The number of aliphatic hydroxyl groups is 1. The van der Waals surface area contributed by atoms with Gasteiger partial charge in [0.15, 0.2) is 5.84 Å². The van der Waals surface area contributed by atoms with Gasteiger partial charge in [-0.3, -0.25) is 9.52 Å². The summed E-state index contributed by atoms with van der Waals surface area (Å²) in [5.41, 5.74) is 0.663. The molecule has 0 saturated heterocycles. The fraction of sp³-hybridized carbons (Fsp3) is 0.333. The molecule has 2 aromatic carbocycles. The standard InChI is InChI=1S/C27H25FN4O6S2/c28-17-5-1-14(2-6-17)13-32-24-16-4-3-15(11-16)22(24)25(33)23(27(32)34)26-29-20-10-7-18(12-21(20)40(37,38)31-26)30-39(35,36)19-8-9-19/h1-7,10,12,15-16,19,22,24,30,33H,8-9,11,13H2,(H,29,31). The van der Waals surface area contributed by atoms with Crippen molar-refractivity contribution >= 4 is 43.2 Å². The maximum Gasteiger partial charge on any atom is 0.286 e. The smallest absolute Gasteiger partial charge is 0.286 e. The minimum atomic E-state index is -4.36. The Morgan fingerprint density at radius 3 is 2.55 bits per heavy atom. The van der Waals surface area contributed by atoms with Crippen molar-refractivity contribution in [3.63, 3.8) is 0 Å². The largest absolute Gasteiger partial charge is 0.511 e. The lowest BCUT2D eigenvalue weighted by molar-refractivity contribution is -0.133. The van der Waals surface area contributed by atoms with Crippen LogP contribution in [0.2, 0.25) is 0 Å². The first kappa shape index (κ1) is 25.3. The number of amidine groups is 1. The van der Waals surface area contributed by atoms with Crippen molar-refractivity contribution in [3.8, 4) is 0 Å². The fourth-order valence-electron chi connectivity index (χ4n) is 6.28. The zero-order valence-corrected chi connectivity index (χ0v) is 22.6. The molecule has 13 heteroatoms. The van der Waals surface area contributed by atoms with Crippen LogP contribution in [0, 0.1) is 23.6 Å². The van der Waals surface area contributed by atoms with Crippen molar-refractivity contribution in [2.45, 2.75) is 42.0 Å². The van der Waals surface area contributed by atoms with E-state index in [1.165, 1.54) is 30.3 Å². The highest BCUT2D eigenvalue weighted by Crippen LogP contribution is 2.52. The van der Waals surface area contributed by atoms with Crippen molar-refractivity contribution in [2.24, 2.45) is 22.2 Å². The van der Waals surface area contributed by atoms with Gasteiger partial charge in [0, 0.05) is 24.2 Å². The summed E-state index contributed by atoms with van der Waals surface area (Å²) in [6.07, 6.45) is 5.91. The summed E-state index contributed by atoms with van der Waals surface area (Å²) in [6, 6.07) is 9.49. The number of hydrogen-bond donors (Lipinski definition) is 3. The normalized spacial score (nSPS) is 28.2. The van der Waals surface area contributed by atoms with E-state index in [4.69, 9.17) is 0 Å². The van der Waals surface area contributed by atoms with Gasteiger partial charge < -0.3 is 15.3 Å². The number of rotatable bonds is 6. The number of carbonyl (C=O) groups excluding carboxylic acids is 1. The van der Waals surface area contributed by atoms with E-state index < -0.39 is 42.9 Å². The Kier molecular flexibility index (Phi) is 5.46. The van der Waals surface area contributed by atoms with Gasteiger partial charge in [0.05, 0.1) is 10.9 Å². The Balaban J connectivity index is 1.26. The molecule has 3 N–H and O–H groups in total. The lowest BCUT2D eigenvalue weighted by Crippen LogP contribution is -2.53. The number of sulfonamides is 2. The molecule has 2 heterocycles. The quantitative estimate of drug-likeness (QED) is 0.442. The highest BCUT2D eigenvalue weighted by molar-refractivity contribution is 7.93. The molecule has 7 rings (SSSR count). The van der Waals surface area contributed by atoms with E-state index >= 15 is 0 Å². The number of nitrogens with one attached hydrogen (secondary N) is 2. The van der Waals surface area contributed by atoms with Crippen LogP contribution in [0.4, 0.5) is 15.8 Å². The van der Waals surface area contributed by atoms with E-state index in [0.29, 0.717) is 18.4 Å². The Morgan fingerprint density at radius 1 is 1.10 bits per heavy atom. The molecule has 2 aromatic rings. The van der Waals surface area contributed by atoms with Gasteiger partial charge in [-0.25, -0.2) is 12.8 Å². The summed E-state index contributed by atoms with van der Waals surface area (Å²) in [5, 5.41) is 13.8. The van der Waals surface area contributed by atoms with Gasteiger partial charge in [-0.2, -0.15) is 8.42 Å². The average Bonchev–Trinajstić information content (AvgIpc) is 3.58. The van der Waals surface area contributed by atoms with Crippen LogP contribution in [0.5, 0.6) is 0 Å². The summed E-state index contributed by atoms with van der Waals surface area (Å²) >= 11 is 0. The summed E-state index contributed by atoms with van der Waals surface area (Å²) < 4.78 is 71.1. The predicted molar refractivity (Wildman–Crippen MR) is 145 cm³/mol. The van der Waals surface area contributed by atoms with E-state index in [1.54, 1.807) is 17.0 Å². The molecule has 1 amide bonds. The fourth-order valence-corrected chi connectivity index (χ4v) is 8.81. The Labute approximate surface area is 230 Å². The lowest BCUT2D eigenvalue weighted by Gasteiger charge is -2.42. The molecule has 208 valence electrons. The molecule has 4 atom stereocenters. The first-order valence-corrected chi connectivity index (χ1v) is 16.0. The second-order valence-electron chi connectivity index (χ2n) is 10.9. The first-order chi connectivity index (χ1) is 19.0. The average molecular weight is 585 g/mol. The maximum absolute atomic E-state index is 13.9. The van der Waals surface area contributed by atoms with E-state index in [1.807, 2.05) is 12.2 Å². The molecule has 4 unspecified atom stereocenters. The van der Waals surface area contributed by atoms with Crippen molar-refractivity contribution in [1.82, 2.24) is 4.90 Å². The third-order valence-electron chi connectivity index (χ3n) is 8.27. The lowest BCUT2D eigenvalue weighted by atomic mass is 9.80. The van der Waals surface area contributed by atoms with E-state index in [9.17, 15) is 31.1 Å². The van der Waals surface area contributed by atoms with E-state index in [-0.39, 0.29) is 57.9 Å². The predicted octanol–water partition coefficient (Wildman–Crippen LogP) is 3.29. The first-order valence-electron chi connectivity index (χ1n) is 13.0. The molecule has 0 aromatic heterocycles. The number of aliphatic hydroxyl groups excluding tert-OH is 1. The van der Waals surface area contributed by atoms with Gasteiger partial charge in [-0.05, 0) is 67.0 Å². The van der Waals surface area contributed by atoms with Crippen LogP contribution >= 0.6 is 0 Å². The Bertz CT molecular complexity index is 1760. The van der Waals surface area contributed by atoms with Crippen LogP contribution in [0.25, 0.3) is 0 Å². The van der Waals surface area contributed by atoms with Crippen molar-refractivity contribution in [2.75, 3.05) is 10.0 Å². The number of allylic oxidation sites excluding steroid dienone is 1. The Hall–Kier alpha value is -3.71. The number of benzene rings is 2. The number of hydrogen-bond acceptors (Lipinski definition) is 7. The molecule has 3 aliphatic carbocycles. The zero-order valence-electron chi connectivity index (χ0n) is 21.0. The minimum Gasteiger partial charge on any atom is -0.511 e. The van der Waals surface area contributed by atoms with Crippen LogP contribution in [0.1, 0.15) is 24.8 Å². The van der Waals surface area contributed by atoms with E-state index in [0.717, 1.165) is 6.42 Å². The van der Waals surface area contributed by atoms with Crippen LogP contribution in [-0.4, -0.2) is 49.9 Å². The van der Waals surface area contributed by atoms with Gasteiger partial charge >= 0.3 is 0 Å². The number of anilines is 2. The van der Waals surface area contributed by atoms with Crippen molar-refractivity contribution in [3.05, 3.63) is 77.3 Å². The third-order valence-corrected chi connectivity index (χ3v) is 11.5. The number of carbonyl (C=O) groups is 1. The molecule has 2 fully saturated rings. The highest BCUT2D eigenvalue weighted by atomic mass is 32.2. The van der Waals surface area contributed by atoms with Crippen molar-refractivity contribution in [1.29, 1.82) is 0 Å². The van der Waals surface area contributed by atoms with E-state index in [2.05, 4.69) is 14.4 Å². The summed E-state index contributed by atoms with van der Waals surface area (Å²) in [7, 11) is -7.98. The van der Waals surface area contributed by atoms with Crippen LogP contribution in [0.15, 0.2) is 75.2 Å². The molecule has 5 aliphatic rings. The van der Waals surface area contributed by atoms with Gasteiger partial charge in [0.1, 0.15) is 22.0 Å². The van der Waals surface area contributed by atoms with Gasteiger partial charge in [0.2, 0.25) is 10.0 Å². The third kappa shape index (κ3) is 4.01. The van der Waals surface area contributed by atoms with Crippen LogP contribution in [0.3, 0.4) is 0 Å². The Morgan fingerprint density at radius 2 is 1.82 bits per heavy atom. The number of halogens is 1. The topological polar surface area (TPSA) is 145 Å². The summed E-state index contributed by atoms with van der Waals surface area (Å²) in [5.74, 6) is -1.91. The molecule has 2 aliphatic heterocycles. The molecular formula is C27H25FN4O6S2. The number of nitrogens with zero attached hydrogens (tertiary/aromatic N) is 2. The molecule has 10 nitrogen and oxygen atoms in total. The number of amides is 1. The second-order valence-corrected chi connectivity index (χ2v) is 14.4. The van der Waals surface area contributed by atoms with Crippen LogP contribution < -0.4 is 10.0 Å². The molecular weight excluding hydrogens is 559 g/mol. The molecule has 0 radical (unpaired) electrons. The maximum atomic E-state index is 13.9. The number of fused-ring (bicyclic) bond motifs is 6. The molecule has 2 bridgehead atoms. The highest BCUT2D eigenvalue weighted by Gasteiger charge is 2.55. The SMILES string of the molecule is O=C1C(C2=NS(=O)(=O)c3cc(NS(=O)(=O)C4CC4)ccc3N2)=C(O)C2C3C=CC(C3)C2N1Cc1ccc(F)cc1. The molecule has 0 spiro atoms. The summed E-state index contributed by atoms with van der Waals surface area (Å²) in [6.45, 7) is 0.148. The summed E-state index contributed by atoms with van der Waals surface area (Å²) in [4.78, 5) is 15.3. The zero-order chi connectivity index (χ0) is 28.0. The second kappa shape index (κ2) is 8.64. The van der Waals surface area contributed by atoms with Crippen molar-refractivity contribution < 1.29 is 31.1 Å². The van der Waals surface area contributed by atoms with Crippen LogP contribution in [-0.2, 0) is 31.4 Å². The van der Waals surface area contributed by atoms with Gasteiger partial charge in [-0.15, -0.1) is 4.40 Å². The molecule has 40 heavy (non-hydrogen) atoms.